The maximum absolute atomic E-state index is 13.7. The van der Waals surface area contributed by atoms with Gasteiger partial charge >= 0.3 is 0 Å². The topological polar surface area (TPSA) is 49.8 Å². The van der Waals surface area contributed by atoms with Crippen molar-refractivity contribution in [3.63, 3.8) is 0 Å². The minimum absolute atomic E-state index is 0.347. The molecule has 4 aromatic carbocycles. The van der Waals surface area contributed by atoms with Crippen LogP contribution in [0.5, 0.6) is 5.75 Å². The van der Waals surface area contributed by atoms with Gasteiger partial charge in [-0.25, -0.2) is 0 Å². The van der Waals surface area contributed by atoms with E-state index < -0.39 is 5.60 Å². The average molecular weight is 421 g/mol. The molecule has 1 atom stereocenters. The van der Waals surface area contributed by atoms with E-state index in [-0.39, 0.29) is 5.91 Å². The summed E-state index contributed by atoms with van der Waals surface area (Å²) in [6.07, 6.45) is 0. The third kappa shape index (κ3) is 3.26. The first-order chi connectivity index (χ1) is 15.6. The highest BCUT2D eigenvalue weighted by Crippen LogP contribution is 2.46. The van der Waals surface area contributed by atoms with Crippen molar-refractivity contribution in [2.75, 3.05) is 12.0 Å². The fourth-order valence-corrected chi connectivity index (χ4v) is 4.32. The normalized spacial score (nSPS) is 17.3. The Balaban J connectivity index is 1.63. The molecule has 158 valence electrons. The average Bonchev–Trinajstić information content (AvgIpc) is 3.08. The molecule has 0 aromatic heterocycles. The van der Waals surface area contributed by atoms with Crippen LogP contribution in [0.1, 0.15) is 16.7 Å². The predicted octanol–water partition coefficient (Wildman–Crippen LogP) is 5.14. The molecule has 0 spiro atoms. The van der Waals surface area contributed by atoms with Gasteiger partial charge in [-0.2, -0.15) is 0 Å². The van der Waals surface area contributed by atoms with E-state index in [1.165, 1.54) is 0 Å². The zero-order valence-electron chi connectivity index (χ0n) is 17.7. The van der Waals surface area contributed by atoms with E-state index in [0.717, 1.165) is 28.1 Å². The molecule has 1 N–H and O–H groups in total. The molecule has 1 aliphatic heterocycles. The summed E-state index contributed by atoms with van der Waals surface area (Å²) in [5.74, 6) is 0.412. The van der Waals surface area contributed by atoms with Crippen LogP contribution >= 0.6 is 0 Å². The molecule has 1 aliphatic rings. The van der Waals surface area contributed by atoms with Crippen molar-refractivity contribution in [1.82, 2.24) is 0 Å². The molecule has 0 aliphatic carbocycles. The van der Waals surface area contributed by atoms with Crippen LogP contribution in [0.15, 0.2) is 103 Å². The number of benzene rings is 4. The van der Waals surface area contributed by atoms with Crippen LogP contribution < -0.4 is 9.64 Å². The Labute approximate surface area is 187 Å². The van der Waals surface area contributed by atoms with Gasteiger partial charge in [0.05, 0.1) is 19.3 Å². The number of hydrogen-bond acceptors (Lipinski definition) is 3. The Morgan fingerprint density at radius 2 is 1.47 bits per heavy atom. The zero-order chi connectivity index (χ0) is 22.1. The van der Waals surface area contributed by atoms with Crippen LogP contribution in [-0.4, -0.2) is 18.1 Å². The lowest BCUT2D eigenvalue weighted by Crippen LogP contribution is -2.40. The number of aliphatic hydroxyl groups is 1. The lowest BCUT2D eigenvalue weighted by molar-refractivity contribution is -0.132. The minimum atomic E-state index is -1.74. The molecule has 4 aromatic rings. The number of methoxy groups -OCH3 is 1. The Hall–Kier alpha value is -3.89. The first kappa shape index (κ1) is 20.0. The van der Waals surface area contributed by atoms with Gasteiger partial charge in [-0.1, -0.05) is 78.9 Å². The molecule has 0 bridgehead atoms. The first-order valence-corrected chi connectivity index (χ1v) is 10.5. The molecule has 1 heterocycles. The van der Waals surface area contributed by atoms with Gasteiger partial charge in [-0.3, -0.25) is 4.79 Å². The van der Waals surface area contributed by atoms with Crippen LogP contribution in [0, 0.1) is 0 Å². The number of anilines is 1. The zero-order valence-corrected chi connectivity index (χ0v) is 17.7. The van der Waals surface area contributed by atoms with E-state index >= 15 is 0 Å². The van der Waals surface area contributed by atoms with Crippen LogP contribution in [0.4, 0.5) is 5.69 Å². The highest BCUT2D eigenvalue weighted by atomic mass is 16.5. The molecule has 5 rings (SSSR count). The lowest BCUT2D eigenvalue weighted by Gasteiger charge is -2.24. The number of amides is 1. The SMILES string of the molecule is COc1ccc(CN2C(=O)[C@@](O)(c3ccccc3)c3cc(-c4ccccc4)ccc32)cc1. The summed E-state index contributed by atoms with van der Waals surface area (Å²) in [7, 11) is 1.62. The van der Waals surface area contributed by atoms with E-state index in [0.29, 0.717) is 17.7 Å². The molecule has 4 heteroatoms. The second kappa shape index (κ2) is 7.98. The van der Waals surface area contributed by atoms with Crippen LogP contribution in [-0.2, 0) is 16.9 Å². The number of hydrogen-bond donors (Lipinski definition) is 1. The predicted molar refractivity (Wildman–Crippen MR) is 126 cm³/mol. The molecule has 32 heavy (non-hydrogen) atoms. The molecule has 1 amide bonds. The fourth-order valence-electron chi connectivity index (χ4n) is 4.32. The highest BCUT2D eigenvalue weighted by molar-refractivity contribution is 6.09. The number of fused-ring (bicyclic) bond motifs is 1. The summed E-state index contributed by atoms with van der Waals surface area (Å²) in [5.41, 5.74) is 3.08. The van der Waals surface area contributed by atoms with E-state index in [1.54, 1.807) is 24.1 Å². The Bertz CT molecular complexity index is 1250. The molecule has 4 nitrogen and oxygen atoms in total. The monoisotopic (exact) mass is 421 g/mol. The largest absolute Gasteiger partial charge is 0.497 e. The quantitative estimate of drug-likeness (QED) is 0.485. The van der Waals surface area contributed by atoms with E-state index in [4.69, 9.17) is 4.74 Å². The van der Waals surface area contributed by atoms with Gasteiger partial charge in [0.1, 0.15) is 5.75 Å². The fraction of sp³-hybridized carbons (Fsp3) is 0.107. The van der Waals surface area contributed by atoms with Crippen molar-refractivity contribution in [1.29, 1.82) is 0 Å². The summed E-state index contributed by atoms with van der Waals surface area (Å²) in [6.45, 7) is 0.357. The minimum Gasteiger partial charge on any atom is -0.497 e. The highest BCUT2D eigenvalue weighted by Gasteiger charge is 2.51. The maximum atomic E-state index is 13.7. The molecular weight excluding hydrogens is 398 g/mol. The van der Waals surface area contributed by atoms with E-state index in [2.05, 4.69) is 0 Å². The smallest absolute Gasteiger partial charge is 0.268 e. The summed E-state index contributed by atoms with van der Waals surface area (Å²) in [6, 6.07) is 32.6. The van der Waals surface area contributed by atoms with Crippen LogP contribution in [0.2, 0.25) is 0 Å². The molecule has 0 unspecified atom stereocenters. The van der Waals surface area contributed by atoms with Crippen molar-refractivity contribution in [3.05, 3.63) is 120 Å². The number of carbonyl (C=O) groups excluding carboxylic acids is 1. The molecule has 0 saturated carbocycles. The number of rotatable bonds is 5. The summed E-state index contributed by atoms with van der Waals surface area (Å²) in [5, 5.41) is 11.9. The molecule has 0 fully saturated rings. The van der Waals surface area contributed by atoms with Crippen LogP contribution in [0.25, 0.3) is 11.1 Å². The van der Waals surface area contributed by atoms with Gasteiger partial charge in [-0.05, 0) is 46.5 Å². The Kier molecular flexibility index (Phi) is 5.00. The van der Waals surface area contributed by atoms with E-state index in [1.807, 2.05) is 91.0 Å². The van der Waals surface area contributed by atoms with Gasteiger partial charge in [0, 0.05) is 5.56 Å². The Morgan fingerprint density at radius 3 is 2.12 bits per heavy atom. The van der Waals surface area contributed by atoms with Crippen molar-refractivity contribution in [2.45, 2.75) is 12.1 Å². The standard InChI is InChI=1S/C28H23NO3/c1-32-24-15-12-20(13-16-24)19-29-26-17-14-22(21-8-4-2-5-9-21)18-25(26)28(31,27(29)30)23-10-6-3-7-11-23/h2-18,31H,19H2,1H3/t28-/m1/s1. The van der Waals surface area contributed by atoms with Gasteiger partial charge in [-0.15, -0.1) is 0 Å². The third-order valence-corrected chi connectivity index (χ3v) is 6.03. The van der Waals surface area contributed by atoms with Gasteiger partial charge in [0.15, 0.2) is 5.60 Å². The van der Waals surface area contributed by atoms with Gasteiger partial charge < -0.3 is 14.7 Å². The lowest BCUT2D eigenvalue weighted by atomic mass is 9.86. The van der Waals surface area contributed by atoms with Crippen LogP contribution in [0.3, 0.4) is 0 Å². The second-order valence-corrected chi connectivity index (χ2v) is 7.91. The van der Waals surface area contributed by atoms with Crippen molar-refractivity contribution in [2.24, 2.45) is 0 Å². The number of ether oxygens (including phenoxy) is 1. The summed E-state index contributed by atoms with van der Waals surface area (Å²) in [4.78, 5) is 15.4. The van der Waals surface area contributed by atoms with Gasteiger partial charge in [0.25, 0.3) is 5.91 Å². The first-order valence-electron chi connectivity index (χ1n) is 10.5. The van der Waals surface area contributed by atoms with Crippen molar-refractivity contribution in [3.8, 4) is 16.9 Å². The molecule has 0 saturated heterocycles. The maximum Gasteiger partial charge on any atom is 0.268 e. The van der Waals surface area contributed by atoms with Gasteiger partial charge in [0.2, 0.25) is 0 Å². The third-order valence-electron chi connectivity index (χ3n) is 6.03. The van der Waals surface area contributed by atoms with Crippen molar-refractivity contribution < 1.29 is 14.6 Å². The number of carbonyl (C=O) groups is 1. The molecular formula is C28H23NO3. The Morgan fingerprint density at radius 1 is 0.812 bits per heavy atom. The molecule has 0 radical (unpaired) electrons. The van der Waals surface area contributed by atoms with Crippen molar-refractivity contribution >= 4 is 11.6 Å². The summed E-state index contributed by atoms with van der Waals surface area (Å²) < 4.78 is 5.24. The second-order valence-electron chi connectivity index (χ2n) is 7.91. The van der Waals surface area contributed by atoms with E-state index in [9.17, 15) is 9.90 Å². The number of nitrogens with zero attached hydrogens (tertiary/aromatic N) is 1. The summed E-state index contributed by atoms with van der Waals surface area (Å²) >= 11 is 0.